The van der Waals surface area contributed by atoms with Crippen molar-refractivity contribution in [3.05, 3.63) is 0 Å². The molecular weight excluding hydrogens is 208 g/mol. The van der Waals surface area contributed by atoms with Crippen LogP contribution in [0.1, 0.15) is 13.8 Å². The molecule has 0 aliphatic carbocycles. The van der Waals surface area contributed by atoms with E-state index >= 15 is 0 Å². The Morgan fingerprint density at radius 3 is 0.778 bits per heavy atom. The van der Waals surface area contributed by atoms with Crippen molar-refractivity contribution in [2.24, 2.45) is 0 Å². The molecule has 0 aromatic carbocycles. The predicted molar refractivity (Wildman–Crippen MR) is 59.8 cm³/mol. The van der Waals surface area contributed by atoms with Gasteiger partial charge in [0.05, 0.1) is 0 Å². The summed E-state index contributed by atoms with van der Waals surface area (Å²) in [5.41, 5.74) is 0. The van der Waals surface area contributed by atoms with Crippen LogP contribution in [0, 0.1) is 0 Å². The van der Waals surface area contributed by atoms with Crippen molar-refractivity contribution in [1.82, 2.24) is 0 Å². The fourth-order valence-corrected chi connectivity index (χ4v) is 0. The summed E-state index contributed by atoms with van der Waals surface area (Å²) in [6, 6.07) is 0. The summed E-state index contributed by atoms with van der Waals surface area (Å²) in [5, 5.41) is 2.78. The normalized spacial score (nSPS) is 3.78. The van der Waals surface area contributed by atoms with E-state index < -0.39 is 0 Å². The zero-order valence-corrected chi connectivity index (χ0v) is 13.1. The van der Waals surface area contributed by atoms with Gasteiger partial charge in [0.2, 0.25) is 32.6 Å². The van der Waals surface area contributed by atoms with Gasteiger partial charge >= 0.3 is 0 Å². The SMILES string of the molecule is C[CH2][AlH2].C[CH2][AlH2].Cl.Cl.Cl. The first-order valence-electron chi connectivity index (χ1n) is 2.83. The molecule has 0 N–H and O–H groups in total. The molecule has 0 spiro atoms. The zero-order chi connectivity index (χ0) is 5.41. The summed E-state index contributed by atoms with van der Waals surface area (Å²) in [5.74, 6) is 0. The Balaban J connectivity index is -0.00000000889. The van der Waals surface area contributed by atoms with Crippen LogP contribution in [0.15, 0.2) is 0 Å². The standard InChI is InChI=1S/2C2H5.2Al.3ClH.4H/c2*1-2;;;;;;;;;/h2*1H2,2H3;;;3*1H;;;;. The highest BCUT2D eigenvalue weighted by atomic mass is 35.5. The lowest BCUT2D eigenvalue weighted by molar-refractivity contribution is 1.48. The Kier molecular flexibility index (Phi) is 174. The fourth-order valence-electron chi connectivity index (χ4n) is 0. The molecule has 5 heteroatoms. The summed E-state index contributed by atoms with van der Waals surface area (Å²) in [6.45, 7) is 4.37. The van der Waals surface area contributed by atoms with Crippen LogP contribution in [0.2, 0.25) is 10.6 Å². The van der Waals surface area contributed by atoms with Crippen molar-refractivity contribution in [3.63, 3.8) is 0 Å². The summed E-state index contributed by atoms with van der Waals surface area (Å²) < 4.78 is 0. The summed E-state index contributed by atoms with van der Waals surface area (Å²) in [6.07, 6.45) is 0. The van der Waals surface area contributed by atoms with Crippen molar-refractivity contribution in [2.45, 2.75) is 24.4 Å². The van der Waals surface area contributed by atoms with Crippen LogP contribution in [0.4, 0.5) is 0 Å². The summed E-state index contributed by atoms with van der Waals surface area (Å²) in [7, 11) is 0. The second-order valence-electron chi connectivity index (χ2n) is 1.41. The minimum absolute atomic E-state index is 0. The molecule has 0 saturated carbocycles. The Bertz CT molecular complexity index is 15.8. The van der Waals surface area contributed by atoms with Crippen molar-refractivity contribution >= 4 is 69.8 Å². The maximum Gasteiger partial charge on any atom is 0.211 e. The molecule has 0 aromatic rings. The van der Waals surface area contributed by atoms with Crippen molar-refractivity contribution in [1.29, 1.82) is 0 Å². The van der Waals surface area contributed by atoms with E-state index in [1.54, 1.807) is 0 Å². The van der Waals surface area contributed by atoms with Gasteiger partial charge in [0.1, 0.15) is 0 Å². The van der Waals surface area contributed by atoms with Gasteiger partial charge in [-0.1, -0.05) is 13.8 Å². The van der Waals surface area contributed by atoms with Gasteiger partial charge in [-0.2, -0.15) is 0 Å². The minimum Gasteiger partial charge on any atom is -0.147 e. The Morgan fingerprint density at radius 2 is 0.778 bits per heavy atom. The average molecular weight is 226 g/mol. The largest absolute Gasteiger partial charge is 0.211 e. The molecule has 0 amide bonds. The molecule has 0 unspecified atom stereocenters. The first-order chi connectivity index (χ1) is 2.83. The highest BCUT2D eigenvalue weighted by molar-refractivity contribution is 6.08. The number of halogens is 3. The van der Waals surface area contributed by atoms with E-state index in [1.165, 1.54) is 43.1 Å². The third-order valence-corrected chi connectivity index (χ3v) is 0. The van der Waals surface area contributed by atoms with Crippen LogP contribution < -0.4 is 0 Å². The lowest BCUT2D eigenvalue weighted by atomic mass is 11.0. The first kappa shape index (κ1) is 30.6. The summed E-state index contributed by atoms with van der Waals surface area (Å²) >= 11 is 2.74. The van der Waals surface area contributed by atoms with Crippen LogP contribution in [0.3, 0.4) is 0 Å². The Hall–Kier alpha value is 1.93. The van der Waals surface area contributed by atoms with Gasteiger partial charge in [0.15, 0.2) is 0 Å². The van der Waals surface area contributed by atoms with E-state index in [2.05, 4.69) is 13.8 Å². The van der Waals surface area contributed by atoms with Gasteiger partial charge in [0.25, 0.3) is 0 Å². The molecule has 9 heavy (non-hydrogen) atoms. The molecule has 0 heterocycles. The molecule has 0 fully saturated rings. The van der Waals surface area contributed by atoms with Crippen molar-refractivity contribution in [3.8, 4) is 0 Å². The van der Waals surface area contributed by atoms with Crippen LogP contribution in [-0.4, -0.2) is 32.6 Å². The highest BCUT2D eigenvalue weighted by Gasteiger charge is 1.41. The molecule has 0 nitrogen and oxygen atoms in total. The molecular formula is C4H17Al2Cl3. The molecule has 60 valence electrons. The Morgan fingerprint density at radius 1 is 0.778 bits per heavy atom. The second-order valence-corrected chi connectivity index (χ2v) is 4.24. The van der Waals surface area contributed by atoms with Crippen LogP contribution in [0.25, 0.3) is 0 Å². The molecule has 0 rings (SSSR count). The van der Waals surface area contributed by atoms with Gasteiger partial charge in [-0.15, -0.1) is 47.8 Å². The number of hydrogen-bond acceptors (Lipinski definition) is 0. The summed E-state index contributed by atoms with van der Waals surface area (Å²) in [4.78, 5) is 0. The van der Waals surface area contributed by atoms with Gasteiger partial charge in [-0.3, -0.25) is 0 Å². The van der Waals surface area contributed by atoms with E-state index in [0.717, 1.165) is 0 Å². The zero-order valence-electron chi connectivity index (χ0n) is 6.64. The Labute approximate surface area is 93.6 Å². The van der Waals surface area contributed by atoms with E-state index in [9.17, 15) is 0 Å². The van der Waals surface area contributed by atoms with E-state index in [0.29, 0.717) is 0 Å². The van der Waals surface area contributed by atoms with Crippen molar-refractivity contribution < 1.29 is 0 Å². The molecule has 0 atom stereocenters. The maximum absolute atomic E-state index is 2.19. The highest BCUT2D eigenvalue weighted by Crippen LogP contribution is 1.49. The first-order valence-corrected chi connectivity index (χ1v) is 5.66. The lowest BCUT2D eigenvalue weighted by Crippen LogP contribution is -1.41. The third-order valence-electron chi connectivity index (χ3n) is 0. The molecule has 0 saturated heterocycles. The molecule has 0 aliphatic rings. The van der Waals surface area contributed by atoms with Crippen LogP contribution >= 0.6 is 37.2 Å². The topological polar surface area (TPSA) is 0 Å². The van der Waals surface area contributed by atoms with E-state index in [-0.39, 0.29) is 37.2 Å². The number of rotatable bonds is 0. The van der Waals surface area contributed by atoms with Crippen LogP contribution in [0.5, 0.6) is 0 Å². The van der Waals surface area contributed by atoms with Crippen LogP contribution in [-0.2, 0) is 0 Å². The fraction of sp³-hybridized carbons (Fsp3) is 1.00. The van der Waals surface area contributed by atoms with E-state index in [1.807, 2.05) is 0 Å². The quantitative estimate of drug-likeness (QED) is 0.547. The molecule has 0 bridgehead atoms. The molecule has 0 radical (unpaired) electrons. The van der Waals surface area contributed by atoms with Gasteiger partial charge in [0, 0.05) is 0 Å². The van der Waals surface area contributed by atoms with Gasteiger partial charge < -0.3 is 0 Å². The average Bonchev–Trinajstić information content (AvgIpc) is 1.39. The monoisotopic (exact) mass is 224 g/mol. The number of hydrogen-bond donors (Lipinski definition) is 0. The second kappa shape index (κ2) is 51.2. The third kappa shape index (κ3) is 167. The van der Waals surface area contributed by atoms with E-state index in [4.69, 9.17) is 0 Å². The maximum atomic E-state index is 2.19. The van der Waals surface area contributed by atoms with Gasteiger partial charge in [-0.05, 0) is 0 Å². The minimum atomic E-state index is 0. The van der Waals surface area contributed by atoms with Gasteiger partial charge in [-0.25, -0.2) is 0 Å². The molecule has 0 aromatic heterocycles. The predicted octanol–water partition coefficient (Wildman–Crippen LogP) is 1.38. The lowest BCUT2D eigenvalue weighted by Gasteiger charge is -1.44. The smallest absolute Gasteiger partial charge is 0.147 e. The molecule has 0 aliphatic heterocycles. The van der Waals surface area contributed by atoms with Crippen molar-refractivity contribution in [2.75, 3.05) is 0 Å².